The fourth-order valence-electron chi connectivity index (χ4n) is 2.23. The van der Waals surface area contributed by atoms with E-state index in [1.165, 1.54) is 24.5 Å². The van der Waals surface area contributed by atoms with Gasteiger partial charge in [-0.3, -0.25) is 9.59 Å². The van der Waals surface area contributed by atoms with Crippen molar-refractivity contribution in [3.8, 4) is 0 Å². The van der Waals surface area contributed by atoms with Gasteiger partial charge in [-0.2, -0.15) is 4.73 Å². The second kappa shape index (κ2) is 5.90. The van der Waals surface area contributed by atoms with E-state index in [4.69, 9.17) is 0 Å². The van der Waals surface area contributed by atoms with Crippen LogP contribution in [0.25, 0.3) is 0 Å². The molecule has 0 atom stereocenters. The summed E-state index contributed by atoms with van der Waals surface area (Å²) in [7, 11) is 0. The highest BCUT2D eigenvalue weighted by atomic mass is 16.5. The maximum Gasteiger partial charge on any atom is 0.254 e. The van der Waals surface area contributed by atoms with Gasteiger partial charge in [-0.15, -0.1) is 0 Å². The molecule has 0 saturated carbocycles. The fourth-order valence-corrected chi connectivity index (χ4v) is 2.23. The largest absolute Gasteiger partial charge is 0.619 e. The summed E-state index contributed by atoms with van der Waals surface area (Å²) in [6.07, 6.45) is 2.62. The van der Waals surface area contributed by atoms with Crippen LogP contribution in [0.5, 0.6) is 0 Å². The smallest absolute Gasteiger partial charge is 0.254 e. The molecule has 6 heteroatoms. The first-order chi connectivity index (χ1) is 9.49. The third-order valence-electron chi connectivity index (χ3n) is 3.42. The van der Waals surface area contributed by atoms with Gasteiger partial charge in [-0.1, -0.05) is 13.8 Å². The topological polar surface area (TPSA) is 67.6 Å². The molecule has 20 heavy (non-hydrogen) atoms. The molecule has 0 bridgehead atoms. The Hall–Kier alpha value is -2.11. The lowest BCUT2D eigenvalue weighted by molar-refractivity contribution is -0.605. The number of rotatable bonds is 2. The number of amides is 2. The van der Waals surface area contributed by atoms with Crippen LogP contribution in [0.3, 0.4) is 0 Å². The number of hydrogen-bond acceptors (Lipinski definition) is 3. The summed E-state index contributed by atoms with van der Waals surface area (Å²) in [4.78, 5) is 27.6. The molecule has 0 radical (unpaired) electrons. The lowest BCUT2D eigenvalue weighted by Crippen LogP contribution is -2.51. The van der Waals surface area contributed by atoms with Crippen molar-refractivity contribution in [1.82, 2.24) is 9.80 Å². The molecular formula is C14H19N3O3. The van der Waals surface area contributed by atoms with Crippen LogP contribution in [0.15, 0.2) is 24.5 Å². The SMILES string of the molecule is CC(C)C(=O)N1CCN(C(=O)c2cc[n+]([O-])cc2)CC1. The fraction of sp³-hybridized carbons (Fsp3) is 0.500. The van der Waals surface area contributed by atoms with Crippen LogP contribution in [-0.4, -0.2) is 47.8 Å². The Bertz CT molecular complexity index is 491. The van der Waals surface area contributed by atoms with Crippen LogP contribution in [0.1, 0.15) is 24.2 Å². The Morgan fingerprint density at radius 3 is 2.10 bits per heavy atom. The average molecular weight is 277 g/mol. The molecule has 0 aromatic carbocycles. The van der Waals surface area contributed by atoms with Gasteiger partial charge in [0.2, 0.25) is 5.91 Å². The van der Waals surface area contributed by atoms with Crippen molar-refractivity contribution in [2.75, 3.05) is 26.2 Å². The maximum absolute atomic E-state index is 12.2. The summed E-state index contributed by atoms with van der Waals surface area (Å²) in [6.45, 7) is 5.95. The van der Waals surface area contributed by atoms with E-state index in [1.54, 1.807) is 9.80 Å². The van der Waals surface area contributed by atoms with Crippen molar-refractivity contribution < 1.29 is 14.3 Å². The highest BCUT2D eigenvalue weighted by Crippen LogP contribution is 2.10. The third-order valence-corrected chi connectivity index (χ3v) is 3.42. The molecule has 0 N–H and O–H groups in total. The first-order valence-electron chi connectivity index (χ1n) is 6.76. The number of carbonyl (C=O) groups excluding carboxylic acids is 2. The van der Waals surface area contributed by atoms with E-state index in [2.05, 4.69) is 0 Å². The molecule has 0 aliphatic carbocycles. The number of hydrogen-bond donors (Lipinski definition) is 0. The Labute approximate surface area is 118 Å². The summed E-state index contributed by atoms with van der Waals surface area (Å²) >= 11 is 0. The summed E-state index contributed by atoms with van der Waals surface area (Å²) in [6, 6.07) is 3.03. The second-order valence-corrected chi connectivity index (χ2v) is 5.22. The molecule has 1 fully saturated rings. The molecule has 6 nitrogen and oxygen atoms in total. The normalized spacial score (nSPS) is 15.6. The molecule has 1 saturated heterocycles. The van der Waals surface area contributed by atoms with Crippen LogP contribution in [0.4, 0.5) is 0 Å². The van der Waals surface area contributed by atoms with Gasteiger partial charge in [0.05, 0.1) is 5.56 Å². The molecule has 0 unspecified atom stereocenters. The molecular weight excluding hydrogens is 258 g/mol. The van der Waals surface area contributed by atoms with Crippen LogP contribution in [-0.2, 0) is 4.79 Å². The predicted octanol–water partition coefficient (Wildman–Crippen LogP) is 0.260. The predicted molar refractivity (Wildman–Crippen MR) is 72.7 cm³/mol. The van der Waals surface area contributed by atoms with Gasteiger partial charge in [0.25, 0.3) is 5.91 Å². The molecule has 2 amide bonds. The van der Waals surface area contributed by atoms with E-state index < -0.39 is 0 Å². The Kier molecular flexibility index (Phi) is 4.22. The molecule has 1 aliphatic rings. The van der Waals surface area contributed by atoms with Gasteiger partial charge in [0, 0.05) is 44.2 Å². The minimum absolute atomic E-state index is 0.0149. The number of nitrogens with zero attached hydrogens (tertiary/aromatic N) is 3. The van der Waals surface area contributed by atoms with Crippen molar-refractivity contribution in [2.24, 2.45) is 5.92 Å². The maximum atomic E-state index is 12.2. The van der Waals surface area contributed by atoms with E-state index in [9.17, 15) is 14.8 Å². The van der Waals surface area contributed by atoms with Crippen molar-refractivity contribution in [2.45, 2.75) is 13.8 Å². The Balaban J connectivity index is 1.95. The molecule has 1 aromatic heterocycles. The second-order valence-electron chi connectivity index (χ2n) is 5.22. The van der Waals surface area contributed by atoms with Gasteiger partial charge in [-0.25, -0.2) is 0 Å². The summed E-state index contributed by atoms with van der Waals surface area (Å²) in [5.74, 6) is 0.0188. The molecule has 2 heterocycles. The molecule has 108 valence electrons. The zero-order chi connectivity index (χ0) is 14.7. The first kappa shape index (κ1) is 14.3. The van der Waals surface area contributed by atoms with E-state index >= 15 is 0 Å². The molecule has 1 aromatic rings. The van der Waals surface area contributed by atoms with Gasteiger partial charge in [0.15, 0.2) is 12.4 Å². The van der Waals surface area contributed by atoms with Crippen LogP contribution >= 0.6 is 0 Å². The zero-order valence-electron chi connectivity index (χ0n) is 11.8. The Morgan fingerprint density at radius 1 is 1.10 bits per heavy atom. The van der Waals surface area contributed by atoms with Crippen molar-refractivity contribution in [3.05, 3.63) is 35.3 Å². The minimum Gasteiger partial charge on any atom is -0.619 e. The van der Waals surface area contributed by atoms with Crippen LogP contribution in [0.2, 0.25) is 0 Å². The summed E-state index contributed by atoms with van der Waals surface area (Å²) in [5, 5.41) is 10.9. The summed E-state index contributed by atoms with van der Waals surface area (Å²) < 4.78 is 0.649. The number of piperazine rings is 1. The zero-order valence-corrected chi connectivity index (χ0v) is 11.8. The molecule has 2 rings (SSSR count). The first-order valence-corrected chi connectivity index (χ1v) is 6.76. The highest BCUT2D eigenvalue weighted by Gasteiger charge is 2.26. The highest BCUT2D eigenvalue weighted by molar-refractivity contribution is 5.94. The lowest BCUT2D eigenvalue weighted by atomic mass is 10.1. The number of pyridine rings is 1. The van der Waals surface area contributed by atoms with Gasteiger partial charge in [0.1, 0.15) is 0 Å². The van der Waals surface area contributed by atoms with Crippen LogP contribution in [0, 0.1) is 11.1 Å². The van der Waals surface area contributed by atoms with Gasteiger partial charge in [-0.05, 0) is 0 Å². The minimum atomic E-state index is -0.0951. The summed E-state index contributed by atoms with van der Waals surface area (Å²) in [5.41, 5.74) is 0.501. The van der Waals surface area contributed by atoms with E-state index in [0.29, 0.717) is 36.5 Å². The molecule has 1 aliphatic heterocycles. The Morgan fingerprint density at radius 2 is 1.60 bits per heavy atom. The van der Waals surface area contributed by atoms with Crippen LogP contribution < -0.4 is 4.73 Å². The monoisotopic (exact) mass is 277 g/mol. The van der Waals surface area contributed by atoms with Crippen molar-refractivity contribution in [3.63, 3.8) is 0 Å². The number of aromatic nitrogens is 1. The van der Waals surface area contributed by atoms with E-state index in [1.807, 2.05) is 13.8 Å². The molecule has 0 spiro atoms. The van der Waals surface area contributed by atoms with E-state index in [0.717, 1.165) is 0 Å². The number of carbonyl (C=O) groups is 2. The quantitative estimate of drug-likeness (QED) is 0.575. The standard InChI is InChI=1S/C14H19N3O3/c1-11(2)13(18)15-7-9-16(10-8-15)14(19)12-3-5-17(20)6-4-12/h3-6,11H,7-10H2,1-2H3. The van der Waals surface area contributed by atoms with Crippen molar-refractivity contribution >= 4 is 11.8 Å². The van der Waals surface area contributed by atoms with Gasteiger partial charge >= 0.3 is 0 Å². The van der Waals surface area contributed by atoms with E-state index in [-0.39, 0.29) is 17.7 Å². The lowest BCUT2D eigenvalue weighted by Gasteiger charge is -2.35. The average Bonchev–Trinajstić information content (AvgIpc) is 2.46. The van der Waals surface area contributed by atoms with Crippen molar-refractivity contribution in [1.29, 1.82) is 0 Å². The van der Waals surface area contributed by atoms with Gasteiger partial charge < -0.3 is 15.0 Å². The third kappa shape index (κ3) is 3.07.